The molecule has 47 heavy (non-hydrogen) atoms. The number of nitrogens with two attached hydrogens (primary N) is 1. The number of aliphatic hydroxyl groups excluding tert-OH is 1. The molecule has 2 aromatic rings. The zero-order valence-electron chi connectivity index (χ0n) is 28.5. The second-order valence-corrected chi connectivity index (χ2v) is 15.1. The van der Waals surface area contributed by atoms with Gasteiger partial charge in [-0.3, -0.25) is 9.59 Å². The van der Waals surface area contributed by atoms with Crippen LogP contribution in [0.15, 0.2) is 48.5 Å². The summed E-state index contributed by atoms with van der Waals surface area (Å²) in [5, 5.41) is 15.0. The van der Waals surface area contributed by atoms with Crippen LogP contribution in [-0.4, -0.2) is 46.5 Å². The van der Waals surface area contributed by atoms with Crippen LogP contribution in [0.1, 0.15) is 104 Å². The molecule has 1 heterocycles. The number of ether oxygens (including phenoxy) is 1. The van der Waals surface area contributed by atoms with Gasteiger partial charge >= 0.3 is 6.09 Å². The number of rotatable bonds is 9. The highest BCUT2D eigenvalue weighted by molar-refractivity contribution is 7.81. The highest BCUT2D eigenvalue weighted by Crippen LogP contribution is 2.40. The lowest BCUT2D eigenvalue weighted by Crippen LogP contribution is -2.42. The second-order valence-electron chi connectivity index (χ2n) is 13.9. The summed E-state index contributed by atoms with van der Waals surface area (Å²) >= 11 is 10.1. The number of benzene rings is 2. The first kappa shape index (κ1) is 40.4. The zero-order valence-corrected chi connectivity index (χ0v) is 30.2. The van der Waals surface area contributed by atoms with Crippen molar-refractivity contribution >= 4 is 42.1 Å². The van der Waals surface area contributed by atoms with Gasteiger partial charge in [-0.05, 0) is 74.9 Å². The molecule has 0 spiro atoms. The molecule has 2 fully saturated rings. The number of thiol groups is 1. The first-order valence-corrected chi connectivity index (χ1v) is 17.2. The Hall–Kier alpha value is -2.82. The maximum atomic E-state index is 13.5. The highest BCUT2D eigenvalue weighted by Gasteiger charge is 2.38. The molecule has 0 bridgehead atoms. The molecule has 4 unspecified atom stereocenters. The Bertz CT molecular complexity index is 1320. The average Bonchev–Trinajstić information content (AvgIpc) is 3.26. The van der Waals surface area contributed by atoms with E-state index in [0.717, 1.165) is 11.5 Å². The molecule has 8 nitrogen and oxygen atoms in total. The van der Waals surface area contributed by atoms with E-state index in [1.165, 1.54) is 44.2 Å². The number of amides is 3. The van der Waals surface area contributed by atoms with Crippen LogP contribution in [0.4, 0.5) is 9.18 Å². The van der Waals surface area contributed by atoms with Gasteiger partial charge in [-0.1, -0.05) is 88.7 Å². The van der Waals surface area contributed by atoms with E-state index in [2.05, 4.69) is 30.2 Å². The van der Waals surface area contributed by atoms with Gasteiger partial charge in [0.1, 0.15) is 11.9 Å². The quantitative estimate of drug-likeness (QED) is 0.177. The predicted molar refractivity (Wildman–Crippen MR) is 189 cm³/mol. The number of hydrogen-bond donors (Lipinski definition) is 5. The zero-order chi connectivity index (χ0) is 35.4. The molecule has 1 aliphatic heterocycles. The lowest BCUT2D eigenvalue weighted by molar-refractivity contribution is -0.124. The number of halogens is 2. The fraction of sp³-hybridized carbons (Fsp3) is 0.583. The number of hydrogen-bond acceptors (Lipinski definition) is 6. The third-order valence-electron chi connectivity index (χ3n) is 8.61. The van der Waals surface area contributed by atoms with Gasteiger partial charge in [-0.15, -0.1) is 0 Å². The van der Waals surface area contributed by atoms with Crippen LogP contribution in [-0.2, 0) is 19.7 Å². The van der Waals surface area contributed by atoms with E-state index < -0.39 is 34.7 Å². The first-order chi connectivity index (χ1) is 21.9. The molecule has 2 aromatic carbocycles. The lowest BCUT2D eigenvalue weighted by Gasteiger charge is -2.34. The standard InChI is InChI=1S/C17H17ClFNO2.C12H22N2O3S.C7H14/c1-17(2,12-6-4-7-13(18)10-12)15(22-16(20)21)11-5-3-8-14(19)9-11;1-7(18)10(16)13-9(6-15)4-8-5-12(2,3)14-11(8)17;1-7-5-3-2-4-6-7/h3-10,15H,1-2H3,(H2,20,21);7-9,15,18H,4-6H2,1-3H3,(H,13,16)(H,14,17);7H,2-6H2,1H3. The van der Waals surface area contributed by atoms with Gasteiger partial charge in [0, 0.05) is 21.9 Å². The van der Waals surface area contributed by atoms with Crippen LogP contribution in [0.5, 0.6) is 0 Å². The SMILES string of the molecule is CC(C)(c1cccc(Cl)c1)C(OC(N)=O)c1cccc(F)c1.CC(S)C(=O)NC(CO)CC1CC(C)(C)NC1=O.CC1CCCCC1. The Labute approximate surface area is 290 Å². The molecule has 2 aliphatic rings. The minimum absolute atomic E-state index is 0.00776. The molecule has 0 radical (unpaired) electrons. The van der Waals surface area contributed by atoms with Crippen LogP contribution in [0.2, 0.25) is 5.02 Å². The van der Waals surface area contributed by atoms with Crippen molar-refractivity contribution in [3.63, 3.8) is 0 Å². The minimum Gasteiger partial charge on any atom is -0.441 e. The summed E-state index contributed by atoms with van der Waals surface area (Å²) in [5.41, 5.74) is 5.73. The third-order valence-corrected chi connectivity index (χ3v) is 9.08. The van der Waals surface area contributed by atoms with E-state index in [1.54, 1.807) is 31.2 Å². The van der Waals surface area contributed by atoms with Crippen molar-refractivity contribution in [1.82, 2.24) is 10.6 Å². The summed E-state index contributed by atoms with van der Waals surface area (Å²) in [5.74, 6) is 0.237. The van der Waals surface area contributed by atoms with Crippen molar-refractivity contribution in [2.24, 2.45) is 17.6 Å². The Morgan fingerprint density at radius 3 is 2.28 bits per heavy atom. The lowest BCUT2D eigenvalue weighted by atomic mass is 9.76. The number of carbonyl (C=O) groups is 3. The Balaban J connectivity index is 0.000000275. The van der Waals surface area contributed by atoms with Crippen LogP contribution >= 0.6 is 24.2 Å². The molecular weight excluding hydrogens is 641 g/mol. The topological polar surface area (TPSA) is 131 Å². The Kier molecular flexibility index (Phi) is 16.0. The largest absolute Gasteiger partial charge is 0.441 e. The summed E-state index contributed by atoms with van der Waals surface area (Å²) < 4.78 is 18.8. The van der Waals surface area contributed by atoms with E-state index in [4.69, 9.17) is 22.1 Å². The number of aliphatic hydroxyl groups is 1. The molecule has 3 amide bonds. The highest BCUT2D eigenvalue weighted by atomic mass is 35.5. The summed E-state index contributed by atoms with van der Waals surface area (Å²) in [6.45, 7) is 11.6. The Morgan fingerprint density at radius 2 is 1.81 bits per heavy atom. The van der Waals surface area contributed by atoms with Gasteiger partial charge in [-0.2, -0.15) is 12.6 Å². The minimum atomic E-state index is -0.913. The summed E-state index contributed by atoms with van der Waals surface area (Å²) in [7, 11) is 0. The first-order valence-electron chi connectivity index (χ1n) is 16.3. The van der Waals surface area contributed by atoms with Crippen molar-refractivity contribution in [3.05, 3.63) is 70.5 Å². The Morgan fingerprint density at radius 1 is 1.17 bits per heavy atom. The van der Waals surface area contributed by atoms with Crippen molar-refractivity contribution in [1.29, 1.82) is 0 Å². The normalized spacial score (nSPS) is 19.4. The molecule has 4 rings (SSSR count). The van der Waals surface area contributed by atoms with E-state index >= 15 is 0 Å². The van der Waals surface area contributed by atoms with Gasteiger partial charge in [0.2, 0.25) is 11.8 Å². The summed E-state index contributed by atoms with van der Waals surface area (Å²) in [6, 6.07) is 12.8. The summed E-state index contributed by atoms with van der Waals surface area (Å²) in [4.78, 5) is 34.5. The van der Waals surface area contributed by atoms with E-state index in [9.17, 15) is 23.9 Å². The molecule has 1 saturated heterocycles. The smallest absolute Gasteiger partial charge is 0.405 e. The van der Waals surface area contributed by atoms with Gasteiger partial charge in [-0.25, -0.2) is 9.18 Å². The summed E-state index contributed by atoms with van der Waals surface area (Å²) in [6.07, 6.45) is 6.96. The second kappa shape index (κ2) is 18.7. The predicted octanol–water partition coefficient (Wildman–Crippen LogP) is 7.27. The molecule has 11 heteroatoms. The third kappa shape index (κ3) is 13.7. The maximum Gasteiger partial charge on any atom is 0.405 e. The van der Waals surface area contributed by atoms with Crippen LogP contribution in [0.25, 0.3) is 0 Å². The van der Waals surface area contributed by atoms with Gasteiger partial charge in [0.25, 0.3) is 0 Å². The van der Waals surface area contributed by atoms with E-state index in [-0.39, 0.29) is 29.9 Å². The van der Waals surface area contributed by atoms with Crippen molar-refractivity contribution in [3.8, 4) is 0 Å². The molecule has 0 aromatic heterocycles. The molecule has 4 atom stereocenters. The van der Waals surface area contributed by atoms with E-state index in [1.807, 2.05) is 39.8 Å². The molecular formula is C36H53ClFN3O5S. The fourth-order valence-corrected chi connectivity index (χ4v) is 6.26. The van der Waals surface area contributed by atoms with Crippen LogP contribution < -0.4 is 16.4 Å². The number of carbonyl (C=O) groups excluding carboxylic acids is 3. The molecule has 1 saturated carbocycles. The average molecular weight is 694 g/mol. The molecule has 5 N–H and O–H groups in total. The van der Waals surface area contributed by atoms with Crippen molar-refractivity contribution < 1.29 is 28.6 Å². The molecule has 1 aliphatic carbocycles. The van der Waals surface area contributed by atoms with E-state index in [0.29, 0.717) is 23.4 Å². The van der Waals surface area contributed by atoms with Crippen molar-refractivity contribution in [2.45, 2.75) is 115 Å². The fourth-order valence-electron chi connectivity index (χ4n) is 6.00. The van der Waals surface area contributed by atoms with Gasteiger partial charge in [0.15, 0.2) is 0 Å². The van der Waals surface area contributed by atoms with Crippen molar-refractivity contribution in [2.75, 3.05) is 6.61 Å². The number of primary amides is 1. The van der Waals surface area contributed by atoms with Gasteiger partial charge < -0.3 is 26.2 Å². The monoisotopic (exact) mass is 693 g/mol. The van der Waals surface area contributed by atoms with Gasteiger partial charge in [0.05, 0.1) is 17.9 Å². The maximum absolute atomic E-state index is 13.5. The van der Waals surface area contributed by atoms with Crippen LogP contribution in [0, 0.1) is 17.7 Å². The molecule has 262 valence electrons. The van der Waals surface area contributed by atoms with Crippen LogP contribution in [0.3, 0.4) is 0 Å². The number of nitrogens with one attached hydrogen (secondary N) is 2.